The van der Waals surface area contributed by atoms with Crippen LogP contribution in [0.25, 0.3) is 0 Å². The molecule has 2 N–H and O–H groups in total. The van der Waals surface area contributed by atoms with Crippen LogP contribution in [0.2, 0.25) is 0 Å². The number of nitrogens with one attached hydrogen (secondary N) is 1. The molecule has 3 atom stereocenters. The van der Waals surface area contributed by atoms with E-state index in [0.717, 1.165) is 17.1 Å². The predicted molar refractivity (Wildman–Crippen MR) is 128 cm³/mol. The molecule has 0 aliphatic carbocycles. The SMILES string of the molecule is CO[C@@H](CN(C)Cc1ccc2c(c1)OCO2)[C@@H](C)CN(C(=O)Nc1ccc(F)cc1)[C@H](C)CO. The van der Waals surface area contributed by atoms with E-state index >= 15 is 0 Å². The summed E-state index contributed by atoms with van der Waals surface area (Å²) < 4.78 is 29.8. The maximum atomic E-state index is 13.2. The summed E-state index contributed by atoms with van der Waals surface area (Å²) in [5, 5.41) is 12.5. The van der Waals surface area contributed by atoms with Gasteiger partial charge in [-0.2, -0.15) is 0 Å². The highest BCUT2D eigenvalue weighted by Crippen LogP contribution is 2.32. The molecule has 0 unspecified atom stereocenters. The van der Waals surface area contributed by atoms with Gasteiger partial charge in [0.2, 0.25) is 6.79 Å². The fraction of sp³-hybridized carbons (Fsp3) is 0.480. The number of nitrogens with zero attached hydrogens (tertiary/aromatic N) is 2. The monoisotopic (exact) mass is 475 g/mol. The number of urea groups is 1. The first-order valence-electron chi connectivity index (χ1n) is 11.3. The van der Waals surface area contributed by atoms with Gasteiger partial charge in [0.1, 0.15) is 5.82 Å². The van der Waals surface area contributed by atoms with Crippen molar-refractivity contribution in [1.29, 1.82) is 0 Å². The second kappa shape index (κ2) is 12.0. The van der Waals surface area contributed by atoms with E-state index in [1.54, 1.807) is 18.9 Å². The molecule has 2 aromatic rings. The van der Waals surface area contributed by atoms with Gasteiger partial charge >= 0.3 is 6.03 Å². The summed E-state index contributed by atoms with van der Waals surface area (Å²) in [6.07, 6.45) is -0.147. The zero-order valence-electron chi connectivity index (χ0n) is 20.2. The minimum absolute atomic E-state index is 0.0165. The Morgan fingerprint density at radius 3 is 2.53 bits per heavy atom. The Morgan fingerprint density at radius 1 is 1.15 bits per heavy atom. The number of anilines is 1. The maximum absolute atomic E-state index is 13.2. The summed E-state index contributed by atoms with van der Waals surface area (Å²) in [6, 6.07) is 10.7. The first-order valence-corrected chi connectivity index (χ1v) is 11.3. The third-order valence-electron chi connectivity index (χ3n) is 5.96. The van der Waals surface area contributed by atoms with Crippen molar-refractivity contribution in [3.63, 3.8) is 0 Å². The van der Waals surface area contributed by atoms with Gasteiger partial charge in [-0.25, -0.2) is 9.18 Å². The van der Waals surface area contributed by atoms with E-state index in [4.69, 9.17) is 14.2 Å². The minimum atomic E-state index is -0.397. The van der Waals surface area contributed by atoms with Crippen LogP contribution >= 0.6 is 0 Å². The van der Waals surface area contributed by atoms with Crippen molar-refractivity contribution in [3.8, 4) is 11.5 Å². The predicted octanol–water partition coefficient (Wildman–Crippen LogP) is 3.55. The lowest BCUT2D eigenvalue weighted by Crippen LogP contribution is -2.48. The second-order valence-electron chi connectivity index (χ2n) is 8.76. The minimum Gasteiger partial charge on any atom is -0.454 e. The normalized spacial score (nSPS) is 15.1. The second-order valence-corrected chi connectivity index (χ2v) is 8.76. The standard InChI is InChI=1S/C25H34FN3O5/c1-17(12-29(18(2)15-30)25(31)27-21-8-6-20(26)7-9-21)24(32-4)14-28(3)13-19-5-10-22-23(11-19)34-16-33-22/h5-11,17-18,24,30H,12-16H2,1-4H3,(H,27,31)/t17-,18+,24-/m0/s1. The van der Waals surface area contributed by atoms with Crippen LogP contribution in [0.15, 0.2) is 42.5 Å². The number of ether oxygens (including phenoxy) is 3. The number of carbonyl (C=O) groups excluding carboxylic acids is 1. The van der Waals surface area contributed by atoms with Crippen LogP contribution in [0.1, 0.15) is 19.4 Å². The molecule has 0 bridgehead atoms. The third-order valence-corrected chi connectivity index (χ3v) is 5.96. The number of rotatable bonds is 11. The molecule has 1 aliphatic heterocycles. The van der Waals surface area contributed by atoms with Crippen molar-refractivity contribution in [2.24, 2.45) is 5.92 Å². The Hall–Kier alpha value is -2.88. The summed E-state index contributed by atoms with van der Waals surface area (Å²) in [6.45, 7) is 5.60. The molecule has 1 heterocycles. The summed E-state index contributed by atoms with van der Waals surface area (Å²) >= 11 is 0. The highest BCUT2D eigenvalue weighted by molar-refractivity contribution is 5.89. The number of carbonyl (C=O) groups is 1. The highest BCUT2D eigenvalue weighted by Gasteiger charge is 2.27. The van der Waals surface area contributed by atoms with E-state index in [1.807, 2.05) is 32.2 Å². The molecule has 3 rings (SSSR count). The number of methoxy groups -OCH3 is 1. The van der Waals surface area contributed by atoms with Gasteiger partial charge in [0.15, 0.2) is 11.5 Å². The fourth-order valence-corrected chi connectivity index (χ4v) is 3.93. The molecule has 2 amide bonds. The lowest BCUT2D eigenvalue weighted by atomic mass is 10.0. The third kappa shape index (κ3) is 6.82. The largest absolute Gasteiger partial charge is 0.454 e. The van der Waals surface area contributed by atoms with Gasteiger partial charge in [0.05, 0.1) is 18.8 Å². The topological polar surface area (TPSA) is 83.5 Å². The summed E-state index contributed by atoms with van der Waals surface area (Å²) in [7, 11) is 3.67. The van der Waals surface area contributed by atoms with E-state index in [2.05, 4.69) is 10.2 Å². The van der Waals surface area contributed by atoms with Crippen molar-refractivity contribution in [3.05, 3.63) is 53.8 Å². The molecule has 34 heavy (non-hydrogen) atoms. The van der Waals surface area contributed by atoms with Crippen LogP contribution in [-0.4, -0.2) is 73.7 Å². The van der Waals surface area contributed by atoms with Gasteiger partial charge in [0.25, 0.3) is 0 Å². The van der Waals surface area contributed by atoms with E-state index in [1.165, 1.54) is 24.3 Å². The first kappa shape index (κ1) is 25.7. The molecule has 186 valence electrons. The number of halogens is 1. The molecule has 2 aromatic carbocycles. The van der Waals surface area contributed by atoms with Gasteiger partial charge in [0, 0.05) is 38.3 Å². The lowest BCUT2D eigenvalue weighted by molar-refractivity contribution is 0.0177. The van der Waals surface area contributed by atoms with Gasteiger partial charge in [-0.05, 0) is 55.9 Å². The average molecular weight is 476 g/mol. The number of hydrogen-bond acceptors (Lipinski definition) is 6. The smallest absolute Gasteiger partial charge is 0.322 e. The quantitative estimate of drug-likeness (QED) is 0.517. The molecule has 1 aliphatic rings. The number of hydrogen-bond donors (Lipinski definition) is 2. The van der Waals surface area contributed by atoms with Gasteiger partial charge in [-0.1, -0.05) is 13.0 Å². The number of benzene rings is 2. The number of likely N-dealkylation sites (N-methyl/N-ethyl adjacent to an activating group) is 1. The Morgan fingerprint density at radius 2 is 1.85 bits per heavy atom. The van der Waals surface area contributed by atoms with Crippen molar-refractivity contribution >= 4 is 11.7 Å². The summed E-state index contributed by atoms with van der Waals surface area (Å²) in [5.41, 5.74) is 1.59. The van der Waals surface area contributed by atoms with Crippen LogP contribution < -0.4 is 14.8 Å². The van der Waals surface area contributed by atoms with Crippen LogP contribution in [0, 0.1) is 11.7 Å². The number of fused-ring (bicyclic) bond motifs is 1. The Labute approximate surface area is 200 Å². The molecule has 0 saturated heterocycles. The van der Waals surface area contributed by atoms with E-state index in [0.29, 0.717) is 25.3 Å². The fourth-order valence-electron chi connectivity index (χ4n) is 3.93. The number of amides is 2. The Kier molecular flexibility index (Phi) is 9.09. The van der Waals surface area contributed by atoms with Gasteiger partial charge < -0.3 is 29.5 Å². The molecule has 0 fully saturated rings. The van der Waals surface area contributed by atoms with E-state index in [-0.39, 0.29) is 37.3 Å². The van der Waals surface area contributed by atoms with Gasteiger partial charge in [-0.15, -0.1) is 0 Å². The average Bonchev–Trinajstić information content (AvgIpc) is 3.29. The Bertz CT molecular complexity index is 943. The number of aliphatic hydroxyl groups is 1. The highest BCUT2D eigenvalue weighted by atomic mass is 19.1. The zero-order valence-corrected chi connectivity index (χ0v) is 20.2. The molecular weight excluding hydrogens is 441 g/mol. The maximum Gasteiger partial charge on any atom is 0.322 e. The number of aliphatic hydroxyl groups excluding tert-OH is 1. The molecule has 8 nitrogen and oxygen atoms in total. The summed E-state index contributed by atoms with van der Waals surface area (Å²) in [5.74, 6) is 1.12. The molecular formula is C25H34FN3O5. The van der Waals surface area contributed by atoms with Crippen LogP contribution in [0.3, 0.4) is 0 Å². The van der Waals surface area contributed by atoms with Crippen molar-refractivity contribution in [2.45, 2.75) is 32.5 Å². The summed E-state index contributed by atoms with van der Waals surface area (Å²) in [4.78, 5) is 16.7. The molecule has 0 radical (unpaired) electrons. The van der Waals surface area contributed by atoms with Crippen LogP contribution in [0.4, 0.5) is 14.9 Å². The first-order chi connectivity index (χ1) is 16.3. The van der Waals surface area contributed by atoms with Crippen molar-refractivity contribution in [1.82, 2.24) is 9.80 Å². The van der Waals surface area contributed by atoms with Crippen LogP contribution in [0.5, 0.6) is 11.5 Å². The molecule has 9 heteroatoms. The van der Waals surface area contributed by atoms with Crippen molar-refractivity contribution < 1.29 is 28.5 Å². The zero-order chi connectivity index (χ0) is 24.7. The van der Waals surface area contributed by atoms with Gasteiger partial charge in [-0.3, -0.25) is 4.90 Å². The van der Waals surface area contributed by atoms with E-state index < -0.39 is 6.04 Å². The lowest BCUT2D eigenvalue weighted by Gasteiger charge is -2.34. The molecule has 0 aromatic heterocycles. The Balaban J connectivity index is 1.59. The van der Waals surface area contributed by atoms with Crippen LogP contribution in [-0.2, 0) is 11.3 Å². The molecule has 0 saturated carbocycles. The van der Waals surface area contributed by atoms with E-state index in [9.17, 15) is 14.3 Å². The molecule has 0 spiro atoms. The van der Waals surface area contributed by atoms with Crippen molar-refractivity contribution in [2.75, 3.05) is 46.0 Å².